The summed E-state index contributed by atoms with van der Waals surface area (Å²) in [5, 5.41) is 3.27. The molecular formula is C14H19NO2. The summed E-state index contributed by atoms with van der Waals surface area (Å²) >= 11 is 0. The molecule has 0 aliphatic carbocycles. The van der Waals surface area contributed by atoms with Crippen molar-refractivity contribution in [2.45, 2.75) is 19.3 Å². The first-order valence-electron chi connectivity index (χ1n) is 6.25. The van der Waals surface area contributed by atoms with E-state index in [0.29, 0.717) is 6.61 Å². The Morgan fingerprint density at radius 3 is 2.88 bits per heavy atom. The van der Waals surface area contributed by atoms with Gasteiger partial charge in [-0.05, 0) is 31.4 Å². The van der Waals surface area contributed by atoms with Crippen LogP contribution in [0.15, 0.2) is 30.3 Å². The van der Waals surface area contributed by atoms with Gasteiger partial charge in [-0.3, -0.25) is 4.79 Å². The van der Waals surface area contributed by atoms with Crippen LogP contribution in [0.3, 0.4) is 0 Å². The molecular weight excluding hydrogens is 214 g/mol. The van der Waals surface area contributed by atoms with Crippen molar-refractivity contribution in [3.05, 3.63) is 35.9 Å². The molecule has 3 nitrogen and oxygen atoms in total. The molecule has 1 unspecified atom stereocenters. The van der Waals surface area contributed by atoms with Crippen LogP contribution in [0.2, 0.25) is 0 Å². The van der Waals surface area contributed by atoms with Crippen LogP contribution in [0.4, 0.5) is 0 Å². The second-order valence-corrected chi connectivity index (χ2v) is 4.37. The number of rotatable bonds is 3. The highest BCUT2D eigenvalue weighted by Crippen LogP contribution is 2.30. The molecule has 1 saturated heterocycles. The van der Waals surface area contributed by atoms with Crippen molar-refractivity contribution in [2.24, 2.45) is 5.92 Å². The van der Waals surface area contributed by atoms with Crippen LogP contribution in [-0.2, 0) is 9.53 Å². The molecule has 1 fully saturated rings. The van der Waals surface area contributed by atoms with E-state index in [1.165, 1.54) is 5.56 Å². The molecule has 0 radical (unpaired) electrons. The molecule has 0 amide bonds. The van der Waals surface area contributed by atoms with Gasteiger partial charge in [-0.25, -0.2) is 0 Å². The molecule has 1 N–H and O–H groups in total. The van der Waals surface area contributed by atoms with Gasteiger partial charge in [0.2, 0.25) is 0 Å². The first-order valence-corrected chi connectivity index (χ1v) is 6.25. The summed E-state index contributed by atoms with van der Waals surface area (Å²) in [5.41, 5.74) is 1.24. The summed E-state index contributed by atoms with van der Waals surface area (Å²) in [5.74, 6) is 0.163. The zero-order valence-electron chi connectivity index (χ0n) is 10.2. The second kappa shape index (κ2) is 5.82. The van der Waals surface area contributed by atoms with E-state index in [0.717, 1.165) is 19.5 Å². The minimum absolute atomic E-state index is 0.0499. The van der Waals surface area contributed by atoms with Crippen molar-refractivity contribution in [1.82, 2.24) is 5.32 Å². The van der Waals surface area contributed by atoms with Gasteiger partial charge in [0.1, 0.15) is 0 Å². The standard InChI is InChI=1S/C14H19NO2/c1-2-17-14(16)13-10-15-9-8-12(13)11-6-4-3-5-7-11/h3-7,12-13,15H,2,8-10H2,1H3/t12?,13-/m1/s1. The fourth-order valence-corrected chi connectivity index (χ4v) is 2.45. The first-order chi connectivity index (χ1) is 8.33. The number of esters is 1. The van der Waals surface area contributed by atoms with Gasteiger partial charge < -0.3 is 10.1 Å². The Morgan fingerprint density at radius 2 is 2.18 bits per heavy atom. The van der Waals surface area contributed by atoms with Crippen molar-refractivity contribution in [1.29, 1.82) is 0 Å². The normalized spacial score (nSPS) is 24.3. The topological polar surface area (TPSA) is 38.3 Å². The number of hydrogen-bond acceptors (Lipinski definition) is 3. The molecule has 1 aromatic carbocycles. The lowest BCUT2D eigenvalue weighted by atomic mass is 9.81. The lowest BCUT2D eigenvalue weighted by Gasteiger charge is -2.30. The minimum atomic E-state index is -0.0754. The van der Waals surface area contributed by atoms with Crippen LogP contribution in [-0.4, -0.2) is 25.7 Å². The Balaban J connectivity index is 2.15. The average molecular weight is 233 g/mol. The highest BCUT2D eigenvalue weighted by Gasteiger charge is 2.32. The summed E-state index contributed by atoms with van der Waals surface area (Å²) in [4.78, 5) is 11.9. The van der Waals surface area contributed by atoms with Crippen molar-refractivity contribution >= 4 is 5.97 Å². The van der Waals surface area contributed by atoms with Gasteiger partial charge in [0.15, 0.2) is 0 Å². The van der Waals surface area contributed by atoms with Crippen molar-refractivity contribution in [2.75, 3.05) is 19.7 Å². The summed E-state index contributed by atoms with van der Waals surface area (Å²) in [6.45, 7) is 4.00. The monoisotopic (exact) mass is 233 g/mol. The summed E-state index contributed by atoms with van der Waals surface area (Å²) in [7, 11) is 0. The minimum Gasteiger partial charge on any atom is -0.466 e. The molecule has 1 aromatic rings. The molecule has 92 valence electrons. The third kappa shape index (κ3) is 2.86. The largest absolute Gasteiger partial charge is 0.466 e. The number of hydrogen-bond donors (Lipinski definition) is 1. The van der Waals surface area contributed by atoms with Gasteiger partial charge in [-0.1, -0.05) is 30.3 Å². The maximum absolute atomic E-state index is 11.9. The number of ether oxygens (including phenoxy) is 1. The van der Waals surface area contributed by atoms with Crippen molar-refractivity contribution in [3.63, 3.8) is 0 Å². The lowest BCUT2D eigenvalue weighted by molar-refractivity contribution is -0.149. The Morgan fingerprint density at radius 1 is 1.41 bits per heavy atom. The second-order valence-electron chi connectivity index (χ2n) is 4.37. The summed E-state index contributed by atoms with van der Waals surface area (Å²) in [6, 6.07) is 10.3. The first kappa shape index (κ1) is 12.1. The van der Waals surface area contributed by atoms with E-state index in [1.807, 2.05) is 25.1 Å². The molecule has 1 heterocycles. The van der Waals surface area contributed by atoms with Crippen LogP contribution in [0.25, 0.3) is 0 Å². The van der Waals surface area contributed by atoms with Crippen molar-refractivity contribution in [3.8, 4) is 0 Å². The fraction of sp³-hybridized carbons (Fsp3) is 0.500. The predicted octanol–water partition coefficient (Wildman–Crippen LogP) is 1.94. The Labute approximate surface area is 102 Å². The highest BCUT2D eigenvalue weighted by atomic mass is 16.5. The van der Waals surface area contributed by atoms with Crippen LogP contribution >= 0.6 is 0 Å². The number of carbonyl (C=O) groups excluding carboxylic acids is 1. The maximum atomic E-state index is 11.9. The zero-order valence-corrected chi connectivity index (χ0v) is 10.2. The lowest BCUT2D eigenvalue weighted by Crippen LogP contribution is -2.40. The predicted molar refractivity (Wildman–Crippen MR) is 66.8 cm³/mol. The Hall–Kier alpha value is -1.35. The molecule has 2 rings (SSSR count). The summed E-state index contributed by atoms with van der Waals surface area (Å²) < 4.78 is 5.15. The molecule has 0 bridgehead atoms. The van der Waals surface area contributed by atoms with E-state index < -0.39 is 0 Å². The van der Waals surface area contributed by atoms with Crippen LogP contribution in [0.1, 0.15) is 24.8 Å². The van der Waals surface area contributed by atoms with Gasteiger partial charge in [0.05, 0.1) is 12.5 Å². The van der Waals surface area contributed by atoms with Gasteiger partial charge in [0.25, 0.3) is 0 Å². The fourth-order valence-electron chi connectivity index (χ4n) is 2.45. The van der Waals surface area contributed by atoms with E-state index in [4.69, 9.17) is 4.74 Å². The molecule has 0 aromatic heterocycles. The molecule has 0 saturated carbocycles. The Bertz CT molecular complexity index is 364. The third-order valence-corrected chi connectivity index (χ3v) is 3.30. The van der Waals surface area contributed by atoms with E-state index >= 15 is 0 Å². The zero-order chi connectivity index (χ0) is 12.1. The maximum Gasteiger partial charge on any atom is 0.310 e. The van der Waals surface area contributed by atoms with Gasteiger partial charge in [0, 0.05) is 6.54 Å². The smallest absolute Gasteiger partial charge is 0.310 e. The molecule has 0 spiro atoms. The van der Waals surface area contributed by atoms with Crippen LogP contribution < -0.4 is 5.32 Å². The quantitative estimate of drug-likeness (QED) is 0.811. The SMILES string of the molecule is CCOC(=O)[C@@H]1CNCCC1c1ccccc1. The molecule has 17 heavy (non-hydrogen) atoms. The van der Waals surface area contributed by atoms with Crippen LogP contribution in [0.5, 0.6) is 0 Å². The summed E-state index contributed by atoms with van der Waals surface area (Å²) in [6.07, 6.45) is 0.994. The van der Waals surface area contributed by atoms with Crippen LogP contribution in [0, 0.1) is 5.92 Å². The average Bonchev–Trinajstić information content (AvgIpc) is 2.40. The number of nitrogens with one attached hydrogen (secondary N) is 1. The number of benzene rings is 1. The number of piperidine rings is 1. The molecule has 3 heteroatoms. The van der Waals surface area contributed by atoms with Gasteiger partial charge in [-0.2, -0.15) is 0 Å². The third-order valence-electron chi connectivity index (χ3n) is 3.30. The highest BCUT2D eigenvalue weighted by molar-refractivity contribution is 5.74. The Kier molecular flexibility index (Phi) is 4.15. The molecule has 1 aliphatic rings. The van der Waals surface area contributed by atoms with E-state index in [9.17, 15) is 4.79 Å². The van der Waals surface area contributed by atoms with E-state index in [1.54, 1.807) is 0 Å². The van der Waals surface area contributed by atoms with E-state index in [-0.39, 0.29) is 17.8 Å². The van der Waals surface area contributed by atoms with Crippen molar-refractivity contribution < 1.29 is 9.53 Å². The van der Waals surface area contributed by atoms with E-state index in [2.05, 4.69) is 17.4 Å². The molecule has 1 aliphatic heterocycles. The van der Waals surface area contributed by atoms with Gasteiger partial charge in [-0.15, -0.1) is 0 Å². The number of carbonyl (C=O) groups is 1. The van der Waals surface area contributed by atoms with Gasteiger partial charge >= 0.3 is 5.97 Å². The molecule has 2 atom stereocenters.